The summed E-state index contributed by atoms with van der Waals surface area (Å²) in [6.07, 6.45) is -4.95. The first-order valence-corrected chi connectivity index (χ1v) is 6.67. The van der Waals surface area contributed by atoms with Gasteiger partial charge in [0.25, 0.3) is 0 Å². The van der Waals surface area contributed by atoms with E-state index in [1.807, 2.05) is 0 Å². The van der Waals surface area contributed by atoms with Crippen molar-refractivity contribution in [3.05, 3.63) is 29.3 Å². The summed E-state index contributed by atoms with van der Waals surface area (Å²) in [6.45, 7) is 3.43. The van der Waals surface area contributed by atoms with Crippen LogP contribution in [0.25, 0.3) is 0 Å². The van der Waals surface area contributed by atoms with Crippen molar-refractivity contribution in [1.29, 1.82) is 0 Å². The fraction of sp³-hybridized carbons (Fsp3) is 0.571. The molecule has 2 nitrogen and oxygen atoms in total. The lowest BCUT2D eigenvalue weighted by atomic mass is 10.0. The van der Waals surface area contributed by atoms with Crippen molar-refractivity contribution in [3.63, 3.8) is 0 Å². The van der Waals surface area contributed by atoms with Crippen LogP contribution in [0.1, 0.15) is 30.6 Å². The van der Waals surface area contributed by atoms with Crippen LogP contribution < -0.4 is 10.6 Å². The third-order valence-electron chi connectivity index (χ3n) is 3.55. The number of benzene rings is 1. The maximum absolute atomic E-state index is 13.2. The quantitative estimate of drug-likeness (QED) is 0.825. The lowest BCUT2D eigenvalue weighted by molar-refractivity contribution is -0.137. The van der Waals surface area contributed by atoms with Gasteiger partial charge in [0.05, 0.1) is 5.56 Å². The second-order valence-corrected chi connectivity index (χ2v) is 5.16. The lowest BCUT2D eigenvalue weighted by Crippen LogP contribution is -2.19. The zero-order valence-corrected chi connectivity index (χ0v) is 11.2. The van der Waals surface area contributed by atoms with Gasteiger partial charge in [-0.05, 0) is 50.0 Å². The van der Waals surface area contributed by atoms with Gasteiger partial charge >= 0.3 is 6.18 Å². The SMILES string of the molecule is CC(F)c1ccc(NCC2CCNC2)c(C(F)(F)F)c1. The van der Waals surface area contributed by atoms with Crippen molar-refractivity contribution in [3.8, 4) is 0 Å². The molecule has 0 aliphatic carbocycles. The van der Waals surface area contributed by atoms with Crippen LogP contribution in [0.15, 0.2) is 18.2 Å². The molecule has 0 saturated carbocycles. The number of alkyl halides is 4. The van der Waals surface area contributed by atoms with Crippen molar-refractivity contribution in [2.24, 2.45) is 5.92 Å². The molecule has 2 rings (SSSR count). The average molecular weight is 290 g/mol. The predicted octanol–water partition coefficient (Wildman–Crippen LogP) is 3.76. The molecule has 0 aromatic heterocycles. The van der Waals surface area contributed by atoms with E-state index in [9.17, 15) is 17.6 Å². The van der Waals surface area contributed by atoms with Gasteiger partial charge in [-0.2, -0.15) is 13.2 Å². The Morgan fingerprint density at radius 1 is 1.40 bits per heavy atom. The van der Waals surface area contributed by atoms with Crippen molar-refractivity contribution >= 4 is 5.69 Å². The molecular formula is C14H18F4N2. The molecule has 1 saturated heterocycles. The molecule has 1 fully saturated rings. The Hall–Kier alpha value is -1.30. The minimum atomic E-state index is -4.48. The topological polar surface area (TPSA) is 24.1 Å². The summed E-state index contributed by atoms with van der Waals surface area (Å²) >= 11 is 0. The maximum atomic E-state index is 13.2. The molecule has 0 amide bonds. The number of anilines is 1. The highest BCUT2D eigenvalue weighted by molar-refractivity contribution is 5.54. The molecule has 1 aliphatic heterocycles. The summed E-state index contributed by atoms with van der Waals surface area (Å²) in [6, 6.07) is 3.60. The number of rotatable bonds is 4. The van der Waals surface area contributed by atoms with Gasteiger partial charge in [-0.15, -0.1) is 0 Å². The molecule has 2 N–H and O–H groups in total. The third kappa shape index (κ3) is 3.62. The van der Waals surface area contributed by atoms with Crippen molar-refractivity contribution in [2.45, 2.75) is 25.7 Å². The van der Waals surface area contributed by atoms with Crippen molar-refractivity contribution in [2.75, 3.05) is 25.0 Å². The molecule has 20 heavy (non-hydrogen) atoms. The van der Waals surface area contributed by atoms with Gasteiger partial charge < -0.3 is 10.6 Å². The van der Waals surface area contributed by atoms with Crippen LogP contribution in [0.5, 0.6) is 0 Å². The maximum Gasteiger partial charge on any atom is 0.418 e. The summed E-state index contributed by atoms with van der Waals surface area (Å²) in [5, 5.41) is 6.01. The highest BCUT2D eigenvalue weighted by Gasteiger charge is 2.34. The number of hydrogen-bond acceptors (Lipinski definition) is 2. The van der Waals surface area contributed by atoms with Gasteiger partial charge in [0.2, 0.25) is 0 Å². The molecule has 0 bridgehead atoms. The molecule has 2 unspecified atom stereocenters. The van der Waals surface area contributed by atoms with E-state index < -0.39 is 17.9 Å². The summed E-state index contributed by atoms with van der Waals surface area (Å²) in [5.74, 6) is 0.329. The molecule has 2 atom stereocenters. The Labute approximate surface area is 115 Å². The highest BCUT2D eigenvalue weighted by Crippen LogP contribution is 2.37. The molecule has 0 spiro atoms. The summed E-state index contributed by atoms with van der Waals surface area (Å²) < 4.78 is 52.2. The first-order valence-electron chi connectivity index (χ1n) is 6.67. The standard InChI is InChI=1S/C14H18F4N2/c1-9(15)11-2-3-13(12(6-11)14(16,17)18)20-8-10-4-5-19-7-10/h2-3,6,9-10,19-20H,4-5,7-8H2,1H3. The Balaban J connectivity index is 2.17. The second-order valence-electron chi connectivity index (χ2n) is 5.16. The summed E-state index contributed by atoms with van der Waals surface area (Å²) in [4.78, 5) is 0. The molecule has 1 heterocycles. The van der Waals surface area contributed by atoms with E-state index in [4.69, 9.17) is 0 Å². The molecule has 1 aromatic rings. The van der Waals surface area contributed by atoms with E-state index in [1.54, 1.807) is 0 Å². The number of nitrogens with one attached hydrogen (secondary N) is 2. The van der Waals surface area contributed by atoms with Crippen LogP contribution in [0.4, 0.5) is 23.2 Å². The van der Waals surface area contributed by atoms with Crippen LogP contribution in [0.2, 0.25) is 0 Å². The minimum Gasteiger partial charge on any atom is -0.384 e. The largest absolute Gasteiger partial charge is 0.418 e. The number of hydrogen-bond donors (Lipinski definition) is 2. The first-order chi connectivity index (χ1) is 9.38. The van der Waals surface area contributed by atoms with Gasteiger partial charge in [0.15, 0.2) is 0 Å². The summed E-state index contributed by atoms with van der Waals surface area (Å²) in [5.41, 5.74) is -0.732. The monoisotopic (exact) mass is 290 g/mol. The third-order valence-corrected chi connectivity index (χ3v) is 3.55. The summed E-state index contributed by atoms with van der Waals surface area (Å²) in [7, 11) is 0. The minimum absolute atomic E-state index is 0.0220. The van der Waals surface area contributed by atoms with Crippen LogP contribution in [-0.2, 0) is 6.18 Å². The first kappa shape index (κ1) is 15.1. The Morgan fingerprint density at radius 3 is 2.70 bits per heavy atom. The fourth-order valence-electron chi connectivity index (χ4n) is 2.34. The highest BCUT2D eigenvalue weighted by atomic mass is 19.4. The smallest absolute Gasteiger partial charge is 0.384 e. The Kier molecular flexibility index (Phi) is 4.52. The average Bonchev–Trinajstić information content (AvgIpc) is 2.88. The Bertz CT molecular complexity index is 451. The molecular weight excluding hydrogens is 272 g/mol. The Morgan fingerprint density at radius 2 is 2.15 bits per heavy atom. The van der Waals surface area contributed by atoms with Gasteiger partial charge in [0.1, 0.15) is 6.17 Å². The van der Waals surface area contributed by atoms with Gasteiger partial charge in [-0.1, -0.05) is 6.07 Å². The number of halogens is 4. The lowest BCUT2D eigenvalue weighted by Gasteiger charge is -2.18. The molecule has 0 radical (unpaired) electrons. The van der Waals surface area contributed by atoms with Gasteiger partial charge in [-0.3, -0.25) is 0 Å². The van der Waals surface area contributed by atoms with Gasteiger partial charge in [-0.25, -0.2) is 4.39 Å². The molecule has 1 aromatic carbocycles. The second kappa shape index (κ2) is 5.99. The van der Waals surface area contributed by atoms with E-state index >= 15 is 0 Å². The molecule has 1 aliphatic rings. The molecule has 112 valence electrons. The van der Waals surface area contributed by atoms with Gasteiger partial charge in [0, 0.05) is 12.2 Å². The van der Waals surface area contributed by atoms with Crippen LogP contribution in [-0.4, -0.2) is 19.6 Å². The van der Waals surface area contributed by atoms with E-state index in [2.05, 4.69) is 10.6 Å². The predicted molar refractivity (Wildman–Crippen MR) is 70.4 cm³/mol. The van der Waals surface area contributed by atoms with Crippen LogP contribution in [0, 0.1) is 5.92 Å². The van der Waals surface area contributed by atoms with Crippen LogP contribution >= 0.6 is 0 Å². The zero-order chi connectivity index (χ0) is 14.8. The normalized spacial score (nSPS) is 20.9. The van der Waals surface area contributed by atoms with Crippen molar-refractivity contribution in [1.82, 2.24) is 5.32 Å². The fourth-order valence-corrected chi connectivity index (χ4v) is 2.34. The van der Waals surface area contributed by atoms with E-state index in [0.717, 1.165) is 25.6 Å². The molecule has 6 heteroatoms. The van der Waals surface area contributed by atoms with E-state index in [-0.39, 0.29) is 11.3 Å². The van der Waals surface area contributed by atoms with E-state index in [0.29, 0.717) is 12.5 Å². The van der Waals surface area contributed by atoms with Crippen molar-refractivity contribution < 1.29 is 17.6 Å². The van der Waals surface area contributed by atoms with E-state index in [1.165, 1.54) is 19.1 Å². The van der Waals surface area contributed by atoms with Crippen LogP contribution in [0.3, 0.4) is 0 Å². The zero-order valence-electron chi connectivity index (χ0n) is 11.2.